The van der Waals surface area contributed by atoms with E-state index in [-0.39, 0.29) is 38.8 Å². The number of pyridine rings is 1. The van der Waals surface area contributed by atoms with Crippen molar-refractivity contribution in [3.63, 3.8) is 0 Å². The number of piperazine rings is 1. The minimum absolute atomic E-state index is 0.118. The summed E-state index contributed by atoms with van der Waals surface area (Å²) in [7, 11) is 1.54. The van der Waals surface area contributed by atoms with Gasteiger partial charge in [0.1, 0.15) is 18.8 Å². The van der Waals surface area contributed by atoms with Gasteiger partial charge in [-0.05, 0) is 38.5 Å². The molecule has 2 aromatic heterocycles. The van der Waals surface area contributed by atoms with Crippen molar-refractivity contribution in [3.05, 3.63) is 66.1 Å². The van der Waals surface area contributed by atoms with Gasteiger partial charge in [-0.1, -0.05) is 30.3 Å². The van der Waals surface area contributed by atoms with E-state index in [1.807, 2.05) is 36.4 Å². The quantitative estimate of drug-likeness (QED) is 0.499. The van der Waals surface area contributed by atoms with Crippen LogP contribution in [0.25, 0.3) is 10.9 Å². The van der Waals surface area contributed by atoms with E-state index in [1.54, 1.807) is 51.2 Å². The zero-order valence-corrected chi connectivity index (χ0v) is 21.5. The summed E-state index contributed by atoms with van der Waals surface area (Å²) in [4.78, 5) is 46.3. The monoisotopic (exact) mass is 508 g/mol. The average molecular weight is 509 g/mol. The second-order valence-electron chi connectivity index (χ2n) is 9.94. The predicted molar refractivity (Wildman–Crippen MR) is 136 cm³/mol. The first-order valence-electron chi connectivity index (χ1n) is 12.1. The third-order valence-corrected chi connectivity index (χ3v) is 5.93. The van der Waals surface area contributed by atoms with Crippen molar-refractivity contribution in [3.8, 4) is 0 Å². The van der Waals surface area contributed by atoms with Crippen LogP contribution in [0.5, 0.6) is 0 Å². The van der Waals surface area contributed by atoms with Crippen LogP contribution < -0.4 is 0 Å². The third kappa shape index (κ3) is 6.26. The summed E-state index contributed by atoms with van der Waals surface area (Å²) < 4.78 is 17.9. The molecule has 37 heavy (non-hydrogen) atoms. The van der Waals surface area contributed by atoms with Crippen LogP contribution in [0.1, 0.15) is 32.0 Å². The maximum atomic E-state index is 13.3. The average Bonchev–Trinajstić information content (AvgIpc) is 3.22. The van der Waals surface area contributed by atoms with Gasteiger partial charge < -0.3 is 19.1 Å². The van der Waals surface area contributed by atoms with Crippen LogP contribution in [0.4, 0.5) is 9.59 Å². The summed E-state index contributed by atoms with van der Waals surface area (Å²) in [5.41, 5.74) is 1.38. The number of aromatic nitrogens is 2. The second kappa shape index (κ2) is 11.0. The first kappa shape index (κ1) is 26.2. The van der Waals surface area contributed by atoms with E-state index in [4.69, 9.17) is 14.2 Å². The molecule has 3 heterocycles. The Morgan fingerprint density at radius 1 is 1.11 bits per heavy atom. The molecule has 0 saturated carbocycles. The van der Waals surface area contributed by atoms with Crippen LogP contribution in [0, 0.1) is 0 Å². The molecule has 0 N–H and O–H groups in total. The van der Waals surface area contributed by atoms with Crippen LogP contribution in [-0.4, -0.2) is 75.9 Å². The van der Waals surface area contributed by atoms with Crippen molar-refractivity contribution in [2.75, 3.05) is 26.8 Å². The maximum absolute atomic E-state index is 13.3. The van der Waals surface area contributed by atoms with Gasteiger partial charge in [-0.2, -0.15) is 0 Å². The fraction of sp³-hybridized carbons (Fsp3) is 0.407. The lowest BCUT2D eigenvalue weighted by atomic mass is 10.1. The van der Waals surface area contributed by atoms with E-state index in [2.05, 4.69) is 4.98 Å². The highest BCUT2D eigenvalue weighted by atomic mass is 16.6. The Labute approximate surface area is 215 Å². The van der Waals surface area contributed by atoms with Gasteiger partial charge in [0.25, 0.3) is 0 Å². The summed E-state index contributed by atoms with van der Waals surface area (Å²) in [6, 6.07) is 12.5. The largest absolute Gasteiger partial charge is 0.445 e. The fourth-order valence-corrected chi connectivity index (χ4v) is 4.30. The highest BCUT2D eigenvalue weighted by Crippen LogP contribution is 2.24. The lowest BCUT2D eigenvalue weighted by Gasteiger charge is -2.40. The van der Waals surface area contributed by atoms with Crippen molar-refractivity contribution in [1.29, 1.82) is 0 Å². The minimum Gasteiger partial charge on any atom is -0.445 e. The Bertz CT molecular complexity index is 1270. The number of nitrogens with zero attached hydrogens (tertiary/aromatic N) is 4. The van der Waals surface area contributed by atoms with Crippen LogP contribution in [0.15, 0.2) is 54.9 Å². The molecule has 1 aliphatic heterocycles. The number of hydrogen-bond acceptors (Lipinski definition) is 7. The Morgan fingerprint density at radius 3 is 2.57 bits per heavy atom. The van der Waals surface area contributed by atoms with Gasteiger partial charge in [0.15, 0.2) is 0 Å². The van der Waals surface area contributed by atoms with Gasteiger partial charge in [-0.25, -0.2) is 14.2 Å². The second-order valence-corrected chi connectivity index (χ2v) is 9.94. The van der Waals surface area contributed by atoms with Gasteiger partial charge in [0, 0.05) is 37.1 Å². The number of amides is 2. The lowest BCUT2D eigenvalue weighted by Crippen LogP contribution is -2.59. The first-order valence-corrected chi connectivity index (χ1v) is 12.1. The number of ether oxygens (including phenoxy) is 3. The van der Waals surface area contributed by atoms with Crippen LogP contribution in [0.3, 0.4) is 0 Å². The van der Waals surface area contributed by atoms with Gasteiger partial charge in [0.05, 0.1) is 24.7 Å². The maximum Gasteiger partial charge on any atom is 0.419 e. The molecule has 4 rings (SSSR count). The van der Waals surface area contributed by atoms with E-state index < -0.39 is 23.8 Å². The number of fused-ring (bicyclic) bond motifs is 1. The van der Waals surface area contributed by atoms with E-state index in [0.717, 1.165) is 10.9 Å². The molecule has 0 bridgehead atoms. The van der Waals surface area contributed by atoms with Gasteiger partial charge >= 0.3 is 12.2 Å². The number of carbonyl (C=O) groups excluding carboxylic acids is 3. The molecular weight excluding hydrogens is 476 g/mol. The van der Waals surface area contributed by atoms with Crippen molar-refractivity contribution < 1.29 is 28.6 Å². The topological polar surface area (TPSA) is 103 Å². The predicted octanol–water partition coefficient (Wildman–Crippen LogP) is 3.82. The molecule has 1 fully saturated rings. The van der Waals surface area contributed by atoms with Crippen molar-refractivity contribution in [2.24, 2.45) is 0 Å². The Kier molecular flexibility index (Phi) is 7.77. The molecule has 2 amide bonds. The highest BCUT2D eigenvalue weighted by molar-refractivity contribution is 5.91. The molecular formula is C27H32N4O6. The van der Waals surface area contributed by atoms with Crippen molar-refractivity contribution >= 4 is 29.0 Å². The number of carbonyl (C=O) groups is 3. The minimum atomic E-state index is -0.696. The Morgan fingerprint density at radius 2 is 1.86 bits per heavy atom. The summed E-state index contributed by atoms with van der Waals surface area (Å²) in [6.45, 7) is 5.96. The smallest absolute Gasteiger partial charge is 0.419 e. The number of rotatable bonds is 6. The summed E-state index contributed by atoms with van der Waals surface area (Å²) >= 11 is 0. The standard InChI is InChI=1S/C27H32N4O6/c1-27(2,3)37-26(34)31-21(12-20-13-28-11-10-23(20)31)15-30-22(18-35-4)14-29(16-24(30)32)25(33)36-17-19-8-6-5-7-9-19/h5-13,22H,14-18H2,1-4H3. The number of benzene rings is 1. The molecule has 3 aromatic rings. The van der Waals surface area contributed by atoms with E-state index in [0.29, 0.717) is 11.2 Å². The van der Waals surface area contributed by atoms with E-state index >= 15 is 0 Å². The summed E-state index contributed by atoms with van der Waals surface area (Å²) in [5.74, 6) is -0.274. The van der Waals surface area contributed by atoms with Crippen LogP contribution >= 0.6 is 0 Å². The lowest BCUT2D eigenvalue weighted by molar-refractivity contribution is -0.141. The summed E-state index contributed by atoms with van der Waals surface area (Å²) in [5, 5.41) is 0.752. The van der Waals surface area contributed by atoms with Crippen LogP contribution in [-0.2, 0) is 32.2 Å². The molecule has 0 radical (unpaired) electrons. The van der Waals surface area contributed by atoms with Gasteiger partial charge in [-0.3, -0.25) is 14.7 Å². The van der Waals surface area contributed by atoms with Gasteiger partial charge in [-0.15, -0.1) is 0 Å². The molecule has 10 heteroatoms. The molecule has 1 saturated heterocycles. The SMILES string of the molecule is COCC1CN(C(=O)OCc2ccccc2)CC(=O)N1Cc1cc2cnccc2n1C(=O)OC(C)(C)C. The zero-order valence-electron chi connectivity index (χ0n) is 21.5. The summed E-state index contributed by atoms with van der Waals surface area (Å²) in [6.07, 6.45) is 2.16. The molecule has 1 atom stereocenters. The number of hydrogen-bond donors (Lipinski definition) is 0. The first-order chi connectivity index (χ1) is 17.7. The van der Waals surface area contributed by atoms with E-state index in [9.17, 15) is 14.4 Å². The molecule has 0 aliphatic carbocycles. The Balaban J connectivity index is 1.54. The van der Waals surface area contributed by atoms with E-state index in [1.165, 1.54) is 9.47 Å². The third-order valence-electron chi connectivity index (χ3n) is 5.93. The normalized spacial score (nSPS) is 16.2. The highest BCUT2D eigenvalue weighted by Gasteiger charge is 2.36. The molecule has 10 nitrogen and oxygen atoms in total. The fourth-order valence-electron chi connectivity index (χ4n) is 4.30. The zero-order chi connectivity index (χ0) is 26.6. The molecule has 196 valence electrons. The van der Waals surface area contributed by atoms with Gasteiger partial charge in [0.2, 0.25) is 5.91 Å². The molecule has 1 aromatic carbocycles. The molecule has 1 aliphatic rings. The van der Waals surface area contributed by atoms with Crippen LogP contribution in [0.2, 0.25) is 0 Å². The van der Waals surface area contributed by atoms with Crippen molar-refractivity contribution in [1.82, 2.24) is 19.4 Å². The molecule has 1 unspecified atom stereocenters. The Hall–Kier alpha value is -3.92. The van der Waals surface area contributed by atoms with Crippen molar-refractivity contribution in [2.45, 2.75) is 45.6 Å². The molecule has 0 spiro atoms. The number of methoxy groups -OCH3 is 1.